The van der Waals surface area contributed by atoms with E-state index in [1.807, 2.05) is 19.9 Å². The minimum atomic E-state index is -1.01. The normalized spacial score (nSPS) is 10.4. The van der Waals surface area contributed by atoms with E-state index in [1.54, 1.807) is 12.1 Å². The van der Waals surface area contributed by atoms with Crippen LogP contribution in [0.15, 0.2) is 30.3 Å². The van der Waals surface area contributed by atoms with Gasteiger partial charge in [-0.1, -0.05) is 23.2 Å². The Bertz CT molecular complexity index is 765. The molecule has 0 saturated carbocycles. The average molecular weight is 384 g/mol. The summed E-state index contributed by atoms with van der Waals surface area (Å²) in [5, 5.41) is 13.1. The molecule has 0 aliphatic rings. The second-order valence-electron chi connectivity index (χ2n) is 5.12. The maximum Gasteiger partial charge on any atom is 0.335 e. The number of rotatable bonds is 8. The molecule has 0 amide bonds. The summed E-state index contributed by atoms with van der Waals surface area (Å²) in [6.45, 7) is 5.12. The number of carboxylic acids is 1. The first-order valence-corrected chi connectivity index (χ1v) is 8.56. The second-order valence-corrected chi connectivity index (χ2v) is 5.94. The Hall–Kier alpha value is -2.11. The first kappa shape index (κ1) is 19.2. The molecule has 0 aliphatic carbocycles. The van der Waals surface area contributed by atoms with Crippen molar-refractivity contribution >= 4 is 34.9 Å². The van der Waals surface area contributed by atoms with Gasteiger partial charge in [0.05, 0.1) is 34.5 Å². The molecule has 0 atom stereocenters. The molecule has 0 saturated heterocycles. The summed E-state index contributed by atoms with van der Waals surface area (Å²) in [6, 6.07) is 8.10. The van der Waals surface area contributed by atoms with Crippen molar-refractivity contribution in [1.29, 1.82) is 0 Å². The minimum absolute atomic E-state index is 0.159. The van der Waals surface area contributed by atoms with Gasteiger partial charge in [-0.2, -0.15) is 0 Å². The van der Waals surface area contributed by atoms with Crippen LogP contribution >= 0.6 is 23.2 Å². The van der Waals surface area contributed by atoms with Crippen LogP contribution in [0.4, 0.5) is 5.69 Å². The third-order valence-corrected chi connectivity index (χ3v) is 3.96. The monoisotopic (exact) mass is 383 g/mol. The van der Waals surface area contributed by atoms with E-state index in [4.69, 9.17) is 37.8 Å². The molecule has 2 N–H and O–H groups in total. The number of carboxylic acid groups (broad SMARTS) is 1. The first-order valence-electron chi connectivity index (χ1n) is 7.81. The summed E-state index contributed by atoms with van der Waals surface area (Å²) in [5.74, 6) is 0.0715. The zero-order chi connectivity index (χ0) is 18.4. The van der Waals surface area contributed by atoms with Crippen molar-refractivity contribution in [3.8, 4) is 11.5 Å². The zero-order valence-electron chi connectivity index (χ0n) is 13.9. The molecular weight excluding hydrogens is 365 g/mol. The van der Waals surface area contributed by atoms with Gasteiger partial charge in [0.25, 0.3) is 0 Å². The highest BCUT2D eigenvalue weighted by Crippen LogP contribution is 2.37. The largest absolute Gasteiger partial charge is 0.490 e. The fourth-order valence-corrected chi connectivity index (χ4v) is 2.73. The molecule has 5 nitrogen and oxygen atoms in total. The van der Waals surface area contributed by atoms with Gasteiger partial charge in [-0.15, -0.1) is 0 Å². The highest BCUT2D eigenvalue weighted by molar-refractivity contribution is 6.33. The van der Waals surface area contributed by atoms with Gasteiger partial charge in [0.2, 0.25) is 0 Å². The third-order valence-electron chi connectivity index (χ3n) is 3.35. The quantitative estimate of drug-likeness (QED) is 0.663. The molecule has 0 unspecified atom stereocenters. The van der Waals surface area contributed by atoms with Crippen LogP contribution < -0.4 is 14.8 Å². The predicted octanol–water partition coefficient (Wildman–Crippen LogP) is 5.10. The molecule has 0 fully saturated rings. The van der Waals surface area contributed by atoms with Gasteiger partial charge in [0, 0.05) is 6.54 Å². The minimum Gasteiger partial charge on any atom is -0.490 e. The molecule has 0 aromatic heterocycles. The standard InChI is InChI=1S/C18H19Cl2NO4/c1-3-24-16-8-11(7-14(20)17(16)25-4-2)10-21-15-9-12(18(22)23)5-6-13(15)19/h5-9,21H,3-4,10H2,1-2H3,(H,22,23). The highest BCUT2D eigenvalue weighted by Gasteiger charge is 2.13. The SMILES string of the molecule is CCOc1cc(CNc2cc(C(=O)O)ccc2Cl)cc(Cl)c1OCC. The number of carbonyl (C=O) groups is 1. The van der Waals surface area contributed by atoms with E-state index in [0.29, 0.717) is 47.0 Å². The fourth-order valence-electron chi connectivity index (χ4n) is 2.26. The Morgan fingerprint density at radius 3 is 2.44 bits per heavy atom. The summed E-state index contributed by atoms with van der Waals surface area (Å²) in [6.07, 6.45) is 0. The van der Waals surface area contributed by atoms with Crippen molar-refractivity contribution in [2.45, 2.75) is 20.4 Å². The third kappa shape index (κ3) is 4.94. The van der Waals surface area contributed by atoms with Crippen molar-refractivity contribution in [1.82, 2.24) is 0 Å². The van der Waals surface area contributed by atoms with E-state index in [2.05, 4.69) is 5.32 Å². The molecule has 2 aromatic rings. The summed E-state index contributed by atoms with van der Waals surface area (Å²) in [4.78, 5) is 11.1. The van der Waals surface area contributed by atoms with E-state index in [0.717, 1.165) is 5.56 Å². The van der Waals surface area contributed by atoms with Crippen LogP contribution in [0.3, 0.4) is 0 Å². The van der Waals surface area contributed by atoms with E-state index in [1.165, 1.54) is 12.1 Å². The van der Waals surface area contributed by atoms with Crippen molar-refractivity contribution < 1.29 is 19.4 Å². The molecule has 7 heteroatoms. The van der Waals surface area contributed by atoms with Crippen LogP contribution in [0.2, 0.25) is 10.0 Å². The molecule has 0 aliphatic heterocycles. The zero-order valence-corrected chi connectivity index (χ0v) is 15.4. The number of nitrogens with one attached hydrogen (secondary N) is 1. The molecule has 2 aromatic carbocycles. The molecule has 0 radical (unpaired) electrons. The van der Waals surface area contributed by atoms with Gasteiger partial charge >= 0.3 is 5.97 Å². The van der Waals surface area contributed by atoms with Gasteiger partial charge in [-0.25, -0.2) is 4.79 Å². The summed E-state index contributed by atoms with van der Waals surface area (Å²) < 4.78 is 11.1. The summed E-state index contributed by atoms with van der Waals surface area (Å²) >= 11 is 12.4. The van der Waals surface area contributed by atoms with Crippen molar-refractivity contribution in [2.75, 3.05) is 18.5 Å². The van der Waals surface area contributed by atoms with Gasteiger partial charge < -0.3 is 19.9 Å². The van der Waals surface area contributed by atoms with Crippen LogP contribution in [-0.2, 0) is 6.54 Å². The van der Waals surface area contributed by atoms with Crippen molar-refractivity contribution in [3.63, 3.8) is 0 Å². The number of benzene rings is 2. The van der Waals surface area contributed by atoms with Gasteiger partial charge in [-0.05, 0) is 49.7 Å². The number of hydrogen-bond acceptors (Lipinski definition) is 4. The summed E-state index contributed by atoms with van der Waals surface area (Å²) in [5.41, 5.74) is 1.55. The smallest absolute Gasteiger partial charge is 0.335 e. The topological polar surface area (TPSA) is 67.8 Å². The van der Waals surface area contributed by atoms with Gasteiger partial charge in [-0.3, -0.25) is 0 Å². The Kier molecular flexibility index (Phi) is 6.79. The molecule has 25 heavy (non-hydrogen) atoms. The summed E-state index contributed by atoms with van der Waals surface area (Å²) in [7, 11) is 0. The maximum absolute atomic E-state index is 11.1. The second kappa shape index (κ2) is 8.83. The van der Waals surface area contributed by atoms with Crippen molar-refractivity contribution in [2.24, 2.45) is 0 Å². The van der Waals surface area contributed by atoms with E-state index in [9.17, 15) is 4.79 Å². The maximum atomic E-state index is 11.1. The van der Waals surface area contributed by atoms with Gasteiger partial charge in [0.1, 0.15) is 0 Å². The van der Waals surface area contributed by atoms with E-state index >= 15 is 0 Å². The Labute approximate surface area is 156 Å². The lowest BCUT2D eigenvalue weighted by atomic mass is 10.1. The molecule has 0 heterocycles. The van der Waals surface area contributed by atoms with Crippen LogP contribution in [0.25, 0.3) is 0 Å². The van der Waals surface area contributed by atoms with E-state index in [-0.39, 0.29) is 5.56 Å². The number of halogens is 2. The Morgan fingerprint density at radius 2 is 1.80 bits per heavy atom. The predicted molar refractivity (Wildman–Crippen MR) is 99.5 cm³/mol. The Morgan fingerprint density at radius 1 is 1.08 bits per heavy atom. The van der Waals surface area contributed by atoms with Crippen molar-refractivity contribution in [3.05, 3.63) is 51.5 Å². The molecule has 134 valence electrons. The fraction of sp³-hybridized carbons (Fsp3) is 0.278. The number of aromatic carboxylic acids is 1. The van der Waals surface area contributed by atoms with Crippen LogP contribution in [0, 0.1) is 0 Å². The number of anilines is 1. The lowest BCUT2D eigenvalue weighted by Crippen LogP contribution is -2.05. The van der Waals surface area contributed by atoms with Crippen LogP contribution in [-0.4, -0.2) is 24.3 Å². The molecule has 0 bridgehead atoms. The molecule has 0 spiro atoms. The molecular formula is C18H19Cl2NO4. The average Bonchev–Trinajstić information content (AvgIpc) is 2.57. The van der Waals surface area contributed by atoms with E-state index < -0.39 is 5.97 Å². The number of hydrogen-bond donors (Lipinski definition) is 2. The highest BCUT2D eigenvalue weighted by atomic mass is 35.5. The molecule has 2 rings (SSSR count). The Balaban J connectivity index is 2.23. The first-order chi connectivity index (χ1) is 12.0. The van der Waals surface area contributed by atoms with Crippen LogP contribution in [0.1, 0.15) is 29.8 Å². The lowest BCUT2D eigenvalue weighted by Gasteiger charge is -2.15. The van der Waals surface area contributed by atoms with Gasteiger partial charge in [0.15, 0.2) is 11.5 Å². The lowest BCUT2D eigenvalue weighted by molar-refractivity contribution is 0.0697. The number of ether oxygens (including phenoxy) is 2. The van der Waals surface area contributed by atoms with Crippen LogP contribution in [0.5, 0.6) is 11.5 Å².